The summed E-state index contributed by atoms with van der Waals surface area (Å²) in [7, 11) is 0. The Balaban J connectivity index is 2.67. The van der Waals surface area contributed by atoms with Crippen LogP contribution in [0.3, 0.4) is 0 Å². The number of rotatable bonds is 6. The lowest BCUT2D eigenvalue weighted by molar-refractivity contribution is -0.146. The smallest absolute Gasteiger partial charge is 0.310 e. The van der Waals surface area contributed by atoms with Crippen molar-refractivity contribution in [3.8, 4) is 0 Å². The molecule has 0 fully saturated rings. The summed E-state index contributed by atoms with van der Waals surface area (Å²) in [5.41, 5.74) is 0.411. The number of halogens is 1. The largest absolute Gasteiger partial charge is 0.481 e. The van der Waals surface area contributed by atoms with Crippen molar-refractivity contribution in [3.63, 3.8) is 0 Å². The van der Waals surface area contributed by atoms with E-state index in [0.29, 0.717) is 6.54 Å². The van der Waals surface area contributed by atoms with Crippen LogP contribution < -0.4 is 5.32 Å². The Morgan fingerprint density at radius 3 is 2.32 bits per heavy atom. The van der Waals surface area contributed by atoms with Crippen molar-refractivity contribution >= 4 is 21.9 Å². The third-order valence-corrected chi connectivity index (χ3v) is 4.01. The highest BCUT2D eigenvalue weighted by Gasteiger charge is 2.28. The van der Waals surface area contributed by atoms with E-state index in [1.807, 2.05) is 18.2 Å². The summed E-state index contributed by atoms with van der Waals surface area (Å²) in [5.74, 6) is -0.779. The van der Waals surface area contributed by atoms with Crippen molar-refractivity contribution in [1.29, 1.82) is 0 Å². The number of hydrogen-bond acceptors (Lipinski definition) is 2. The van der Waals surface area contributed by atoms with Crippen molar-refractivity contribution in [2.24, 2.45) is 5.41 Å². The molecule has 106 valence electrons. The van der Waals surface area contributed by atoms with Gasteiger partial charge in [0, 0.05) is 23.0 Å². The first-order valence-corrected chi connectivity index (χ1v) is 7.15. The SMILES string of the molecule is CC(C)(CNCC(C)(C)c1ccccc1Br)C(=O)O. The van der Waals surface area contributed by atoms with Crippen LogP contribution in [0.25, 0.3) is 0 Å². The van der Waals surface area contributed by atoms with Crippen LogP contribution in [0.5, 0.6) is 0 Å². The average molecular weight is 328 g/mol. The van der Waals surface area contributed by atoms with Crippen LogP contribution in [-0.4, -0.2) is 24.2 Å². The van der Waals surface area contributed by atoms with Crippen molar-refractivity contribution in [1.82, 2.24) is 5.32 Å². The zero-order valence-corrected chi connectivity index (χ0v) is 13.5. The lowest BCUT2D eigenvalue weighted by atomic mass is 9.84. The Labute approximate surface area is 123 Å². The molecular weight excluding hydrogens is 306 g/mol. The van der Waals surface area contributed by atoms with Gasteiger partial charge in [-0.3, -0.25) is 4.79 Å². The van der Waals surface area contributed by atoms with Gasteiger partial charge in [0.15, 0.2) is 0 Å². The maximum absolute atomic E-state index is 11.1. The molecule has 0 radical (unpaired) electrons. The zero-order valence-electron chi connectivity index (χ0n) is 12.0. The van der Waals surface area contributed by atoms with Gasteiger partial charge < -0.3 is 10.4 Å². The van der Waals surface area contributed by atoms with E-state index in [2.05, 4.69) is 41.2 Å². The molecule has 2 N–H and O–H groups in total. The van der Waals surface area contributed by atoms with Crippen LogP contribution in [0.1, 0.15) is 33.3 Å². The molecule has 0 unspecified atom stereocenters. The lowest BCUT2D eigenvalue weighted by Gasteiger charge is -2.29. The third-order valence-electron chi connectivity index (χ3n) is 3.32. The van der Waals surface area contributed by atoms with E-state index in [1.54, 1.807) is 13.8 Å². The number of hydrogen-bond donors (Lipinski definition) is 2. The topological polar surface area (TPSA) is 49.3 Å². The minimum absolute atomic E-state index is 0.0608. The first-order valence-electron chi connectivity index (χ1n) is 6.36. The highest BCUT2D eigenvalue weighted by molar-refractivity contribution is 9.10. The molecular formula is C15H22BrNO2. The number of benzene rings is 1. The molecule has 0 atom stereocenters. The Hall–Kier alpha value is -0.870. The van der Waals surface area contributed by atoms with Gasteiger partial charge in [0.1, 0.15) is 0 Å². The first kappa shape index (κ1) is 16.2. The molecule has 0 aliphatic rings. The fourth-order valence-corrected chi connectivity index (χ4v) is 2.69. The number of carboxylic acids is 1. The predicted molar refractivity (Wildman–Crippen MR) is 81.5 cm³/mol. The van der Waals surface area contributed by atoms with E-state index in [4.69, 9.17) is 5.11 Å². The number of nitrogens with one attached hydrogen (secondary N) is 1. The molecule has 0 spiro atoms. The molecule has 0 aromatic heterocycles. The molecule has 0 bridgehead atoms. The quantitative estimate of drug-likeness (QED) is 0.841. The van der Waals surface area contributed by atoms with E-state index in [0.717, 1.165) is 11.0 Å². The van der Waals surface area contributed by atoms with Gasteiger partial charge in [0.2, 0.25) is 0 Å². The fraction of sp³-hybridized carbons (Fsp3) is 0.533. The van der Waals surface area contributed by atoms with Crippen LogP contribution >= 0.6 is 15.9 Å². The van der Waals surface area contributed by atoms with Gasteiger partial charge in [0.25, 0.3) is 0 Å². The van der Waals surface area contributed by atoms with Gasteiger partial charge in [-0.2, -0.15) is 0 Å². The average Bonchev–Trinajstić information content (AvgIpc) is 2.28. The molecule has 0 saturated carbocycles. The molecule has 1 aromatic carbocycles. The monoisotopic (exact) mass is 327 g/mol. The van der Waals surface area contributed by atoms with E-state index in [1.165, 1.54) is 5.56 Å². The standard InChI is InChI=1S/C15H22BrNO2/c1-14(2,11-7-5-6-8-12(11)16)9-17-10-15(3,4)13(18)19/h5-8,17H,9-10H2,1-4H3,(H,18,19). The minimum Gasteiger partial charge on any atom is -0.481 e. The number of carboxylic acid groups (broad SMARTS) is 1. The molecule has 0 aliphatic carbocycles. The van der Waals surface area contributed by atoms with Crippen molar-refractivity contribution in [3.05, 3.63) is 34.3 Å². The summed E-state index contributed by atoms with van der Waals surface area (Å²) < 4.78 is 1.08. The second kappa shape index (κ2) is 6.06. The summed E-state index contributed by atoms with van der Waals surface area (Å²) in [4.78, 5) is 11.1. The Bertz CT molecular complexity index is 455. The Morgan fingerprint density at radius 2 is 1.79 bits per heavy atom. The maximum Gasteiger partial charge on any atom is 0.310 e. The van der Waals surface area contributed by atoms with E-state index in [9.17, 15) is 4.79 Å². The first-order chi connectivity index (χ1) is 8.67. The molecule has 3 nitrogen and oxygen atoms in total. The highest BCUT2D eigenvalue weighted by Crippen LogP contribution is 2.29. The normalized spacial score (nSPS) is 12.5. The molecule has 0 saturated heterocycles. The molecule has 1 rings (SSSR count). The molecule has 4 heteroatoms. The number of aliphatic carboxylic acids is 1. The van der Waals surface area contributed by atoms with Crippen molar-refractivity contribution < 1.29 is 9.90 Å². The van der Waals surface area contributed by atoms with E-state index in [-0.39, 0.29) is 5.41 Å². The van der Waals surface area contributed by atoms with Crippen LogP contribution in [0.15, 0.2) is 28.7 Å². The summed E-state index contributed by atoms with van der Waals surface area (Å²) in [6.45, 7) is 8.94. The van der Waals surface area contributed by atoms with Crippen molar-refractivity contribution in [2.45, 2.75) is 33.1 Å². The minimum atomic E-state index is -0.779. The van der Waals surface area contributed by atoms with Gasteiger partial charge in [-0.1, -0.05) is 48.0 Å². The number of carbonyl (C=O) groups is 1. The summed E-state index contributed by atoms with van der Waals surface area (Å²) in [5, 5.41) is 12.4. The van der Waals surface area contributed by atoms with Gasteiger partial charge in [-0.25, -0.2) is 0 Å². The second-order valence-corrected chi connectivity index (χ2v) is 7.01. The van der Waals surface area contributed by atoms with Crippen molar-refractivity contribution in [2.75, 3.05) is 13.1 Å². The third kappa shape index (κ3) is 4.32. The van der Waals surface area contributed by atoms with Gasteiger partial charge in [0.05, 0.1) is 5.41 Å². The van der Waals surface area contributed by atoms with Crippen LogP contribution in [0.4, 0.5) is 0 Å². The Morgan fingerprint density at radius 1 is 1.21 bits per heavy atom. The molecule has 19 heavy (non-hydrogen) atoms. The highest BCUT2D eigenvalue weighted by atomic mass is 79.9. The van der Waals surface area contributed by atoms with Crippen LogP contribution in [0, 0.1) is 5.41 Å². The maximum atomic E-state index is 11.1. The summed E-state index contributed by atoms with van der Waals surface area (Å²) in [6, 6.07) is 8.13. The van der Waals surface area contributed by atoms with Gasteiger partial charge >= 0.3 is 5.97 Å². The van der Waals surface area contributed by atoms with Gasteiger partial charge in [-0.15, -0.1) is 0 Å². The lowest BCUT2D eigenvalue weighted by Crippen LogP contribution is -2.41. The molecule has 1 aromatic rings. The fourth-order valence-electron chi connectivity index (χ4n) is 1.87. The second-order valence-electron chi connectivity index (χ2n) is 6.16. The summed E-state index contributed by atoms with van der Waals surface area (Å²) >= 11 is 3.56. The van der Waals surface area contributed by atoms with Crippen LogP contribution in [-0.2, 0) is 10.2 Å². The molecule has 0 heterocycles. The predicted octanol–water partition coefficient (Wildman–Crippen LogP) is 3.43. The summed E-state index contributed by atoms with van der Waals surface area (Å²) in [6.07, 6.45) is 0. The van der Waals surface area contributed by atoms with Gasteiger partial charge in [-0.05, 0) is 25.5 Å². The Kier molecular flexibility index (Phi) is 5.16. The van der Waals surface area contributed by atoms with Crippen LogP contribution in [0.2, 0.25) is 0 Å². The molecule has 0 amide bonds. The molecule has 0 aliphatic heterocycles. The zero-order chi connectivity index (χ0) is 14.7. The van der Waals surface area contributed by atoms with E-state index >= 15 is 0 Å². The van der Waals surface area contributed by atoms with E-state index < -0.39 is 11.4 Å².